The van der Waals surface area contributed by atoms with Crippen molar-refractivity contribution >= 4 is 23.3 Å². The van der Waals surface area contributed by atoms with Gasteiger partial charge >= 0.3 is 0 Å². The van der Waals surface area contributed by atoms with Crippen molar-refractivity contribution in [1.82, 2.24) is 5.32 Å². The number of hydrogen-bond acceptors (Lipinski definition) is 5. The minimum absolute atomic E-state index is 0.0368. The molecule has 2 bridgehead atoms. The molecule has 1 aliphatic heterocycles. The monoisotopic (exact) mass is 487 g/mol. The van der Waals surface area contributed by atoms with Crippen LogP contribution in [-0.4, -0.2) is 35.0 Å². The molecule has 0 unspecified atom stereocenters. The Labute approximate surface area is 202 Å². The number of carbonyl (C=O) groups is 2. The maximum Gasteiger partial charge on any atom is 0.258 e. The summed E-state index contributed by atoms with van der Waals surface area (Å²) >= 11 is 6.05. The van der Waals surface area contributed by atoms with Gasteiger partial charge in [0.05, 0.1) is 5.60 Å². The third-order valence-electron chi connectivity index (χ3n) is 7.34. The predicted molar refractivity (Wildman–Crippen MR) is 123 cm³/mol. The molecule has 6 nitrogen and oxygen atoms in total. The van der Waals surface area contributed by atoms with E-state index in [4.69, 9.17) is 21.1 Å². The molecule has 0 saturated heterocycles. The molecule has 0 aromatic heterocycles. The van der Waals surface area contributed by atoms with Crippen molar-refractivity contribution < 1.29 is 28.6 Å². The number of ether oxygens (including phenoxy) is 2. The number of ketones is 1. The predicted octanol–water partition coefficient (Wildman–Crippen LogP) is 4.22. The topological polar surface area (TPSA) is 84.9 Å². The summed E-state index contributed by atoms with van der Waals surface area (Å²) in [6.45, 7) is 3.14. The molecule has 1 heterocycles. The van der Waals surface area contributed by atoms with Crippen LogP contribution in [0.2, 0.25) is 5.02 Å². The van der Waals surface area contributed by atoms with Gasteiger partial charge in [0.1, 0.15) is 17.3 Å². The zero-order valence-corrected chi connectivity index (χ0v) is 19.9. The first kappa shape index (κ1) is 23.1. The molecule has 3 aliphatic carbocycles. The maximum atomic E-state index is 13.6. The van der Waals surface area contributed by atoms with Gasteiger partial charge in [0.15, 0.2) is 18.5 Å². The van der Waals surface area contributed by atoms with Crippen LogP contribution in [0.3, 0.4) is 0 Å². The van der Waals surface area contributed by atoms with Gasteiger partial charge in [0.2, 0.25) is 0 Å². The van der Waals surface area contributed by atoms with E-state index in [1.807, 2.05) is 0 Å². The van der Waals surface area contributed by atoms with E-state index >= 15 is 0 Å². The summed E-state index contributed by atoms with van der Waals surface area (Å²) in [7, 11) is 0. The average molecular weight is 488 g/mol. The highest BCUT2D eigenvalue weighted by molar-refractivity contribution is 6.30. The first-order valence-electron chi connectivity index (χ1n) is 11.4. The van der Waals surface area contributed by atoms with Crippen molar-refractivity contribution in [3.05, 3.63) is 58.4 Å². The van der Waals surface area contributed by atoms with Crippen molar-refractivity contribution in [3.63, 3.8) is 0 Å². The smallest absolute Gasteiger partial charge is 0.258 e. The summed E-state index contributed by atoms with van der Waals surface area (Å²) < 4.78 is 24.9. The molecule has 2 N–H and O–H groups in total. The summed E-state index contributed by atoms with van der Waals surface area (Å²) in [5.41, 5.74) is -0.510. The molecule has 4 aliphatic rings. The number of hydrogen-bond donors (Lipinski definition) is 2. The Bertz CT molecular complexity index is 1160. The Hall–Kier alpha value is -2.64. The lowest BCUT2D eigenvalue weighted by Crippen LogP contribution is -2.75. The first-order chi connectivity index (χ1) is 16.0. The first-order valence-corrected chi connectivity index (χ1v) is 11.8. The van der Waals surface area contributed by atoms with E-state index in [2.05, 4.69) is 5.32 Å². The summed E-state index contributed by atoms with van der Waals surface area (Å²) in [6, 6.07) is 9.53. The molecule has 180 valence electrons. The van der Waals surface area contributed by atoms with Crippen molar-refractivity contribution in [2.24, 2.45) is 5.41 Å². The van der Waals surface area contributed by atoms with Gasteiger partial charge in [-0.1, -0.05) is 17.7 Å². The van der Waals surface area contributed by atoms with E-state index in [1.54, 1.807) is 44.2 Å². The van der Waals surface area contributed by atoms with Crippen LogP contribution in [0.1, 0.15) is 50.2 Å². The zero-order valence-electron chi connectivity index (χ0n) is 19.1. The lowest BCUT2D eigenvalue weighted by Gasteiger charge is -2.70. The van der Waals surface area contributed by atoms with Crippen LogP contribution >= 0.6 is 11.6 Å². The zero-order chi connectivity index (χ0) is 24.3. The molecule has 0 spiro atoms. The highest BCUT2D eigenvalue weighted by Crippen LogP contribution is 2.69. The summed E-state index contributed by atoms with van der Waals surface area (Å²) in [4.78, 5) is 25.4. The SMILES string of the molecule is Cc1ccc(OCC(=O)NC23CC(CC(=O)[C@H]4C[C@](C)(O)c5cc(Cl)ccc5O4)(C2)C3)cc1F. The van der Waals surface area contributed by atoms with E-state index in [9.17, 15) is 19.1 Å². The number of amides is 1. The van der Waals surface area contributed by atoms with E-state index < -0.39 is 11.7 Å². The summed E-state index contributed by atoms with van der Waals surface area (Å²) in [6.07, 6.45) is 2.00. The van der Waals surface area contributed by atoms with Gasteiger partial charge in [-0.3, -0.25) is 9.59 Å². The van der Waals surface area contributed by atoms with Gasteiger partial charge in [0.25, 0.3) is 5.91 Å². The summed E-state index contributed by atoms with van der Waals surface area (Å²) in [5.74, 6) is 0.117. The van der Waals surface area contributed by atoms with Crippen molar-refractivity contribution in [2.75, 3.05) is 6.61 Å². The van der Waals surface area contributed by atoms with Crippen LogP contribution in [-0.2, 0) is 15.2 Å². The molecule has 2 aromatic carbocycles. The number of nitrogens with one attached hydrogen (secondary N) is 1. The fourth-order valence-corrected chi connectivity index (χ4v) is 5.99. The van der Waals surface area contributed by atoms with E-state index in [1.165, 1.54) is 6.07 Å². The molecule has 34 heavy (non-hydrogen) atoms. The fraction of sp³-hybridized carbons (Fsp3) is 0.462. The molecular weight excluding hydrogens is 461 g/mol. The molecule has 2 atom stereocenters. The van der Waals surface area contributed by atoms with Gasteiger partial charge in [-0.2, -0.15) is 0 Å². The number of aliphatic hydroxyl groups is 1. The summed E-state index contributed by atoms with van der Waals surface area (Å²) in [5, 5.41) is 14.4. The van der Waals surface area contributed by atoms with Gasteiger partial charge < -0.3 is 19.9 Å². The van der Waals surface area contributed by atoms with Crippen molar-refractivity contribution in [2.45, 2.75) is 63.2 Å². The highest BCUT2D eigenvalue weighted by Gasteiger charge is 2.68. The van der Waals surface area contributed by atoms with Crippen molar-refractivity contribution in [3.8, 4) is 11.5 Å². The molecule has 2 aromatic rings. The lowest BCUT2D eigenvalue weighted by molar-refractivity contribution is -0.176. The van der Waals surface area contributed by atoms with Crippen LogP contribution in [0.5, 0.6) is 11.5 Å². The number of benzene rings is 2. The van der Waals surface area contributed by atoms with Crippen LogP contribution in [0, 0.1) is 18.2 Å². The molecular formula is C26H27ClFNO5. The number of fused-ring (bicyclic) bond motifs is 1. The quantitative estimate of drug-likeness (QED) is 0.610. The molecule has 1 amide bonds. The number of aryl methyl sites for hydroxylation is 1. The second kappa shape index (κ2) is 7.95. The van der Waals surface area contributed by atoms with E-state index in [0.29, 0.717) is 34.1 Å². The second-order valence-electron chi connectivity index (χ2n) is 10.4. The van der Waals surface area contributed by atoms with Gasteiger partial charge in [0, 0.05) is 35.0 Å². The lowest BCUT2D eigenvalue weighted by atomic mass is 9.38. The largest absolute Gasteiger partial charge is 0.484 e. The second-order valence-corrected chi connectivity index (χ2v) is 10.9. The number of Topliss-reactive ketones (excluding diaryl/α,β-unsaturated/α-hetero) is 1. The van der Waals surface area contributed by atoms with E-state index in [0.717, 1.165) is 19.3 Å². The number of halogens is 2. The Morgan fingerprint density at radius 2 is 1.97 bits per heavy atom. The Balaban J connectivity index is 1.12. The van der Waals surface area contributed by atoms with Gasteiger partial charge in [-0.05, 0) is 68.4 Å². The Morgan fingerprint density at radius 1 is 1.24 bits per heavy atom. The third kappa shape index (κ3) is 4.16. The van der Waals surface area contributed by atoms with Crippen LogP contribution < -0.4 is 14.8 Å². The standard InChI is InChI=1S/C26H27ClFNO5/c1-15-3-5-17(8-19(15)28)33-11-23(31)29-26-12-25(13-26,14-26)9-20(30)22-10-24(2,32)18-7-16(27)4-6-21(18)34-22/h3-8,22,32H,9-14H2,1-2H3,(H,29,31)/t22-,24+,25?,26?/m1/s1. The van der Waals surface area contributed by atoms with Crippen LogP contribution in [0.4, 0.5) is 4.39 Å². The Morgan fingerprint density at radius 3 is 2.68 bits per heavy atom. The molecule has 0 radical (unpaired) electrons. The molecule has 3 saturated carbocycles. The fourth-order valence-electron chi connectivity index (χ4n) is 5.82. The molecule has 8 heteroatoms. The van der Waals surface area contributed by atoms with Crippen molar-refractivity contribution in [1.29, 1.82) is 0 Å². The van der Waals surface area contributed by atoms with E-state index in [-0.39, 0.29) is 41.5 Å². The maximum absolute atomic E-state index is 13.6. The minimum atomic E-state index is -1.20. The minimum Gasteiger partial charge on any atom is -0.484 e. The molecule has 3 fully saturated rings. The molecule has 6 rings (SSSR count). The van der Waals surface area contributed by atoms with Crippen LogP contribution in [0.25, 0.3) is 0 Å². The average Bonchev–Trinajstić information content (AvgIpc) is 2.72. The normalized spacial score (nSPS) is 30.8. The van der Waals surface area contributed by atoms with Gasteiger partial charge in [-0.15, -0.1) is 0 Å². The third-order valence-corrected chi connectivity index (χ3v) is 7.58. The highest BCUT2D eigenvalue weighted by atomic mass is 35.5. The number of carbonyl (C=O) groups excluding carboxylic acids is 2. The van der Waals surface area contributed by atoms with Crippen LogP contribution in [0.15, 0.2) is 36.4 Å². The number of rotatable bonds is 7. The van der Waals surface area contributed by atoms with Gasteiger partial charge in [-0.25, -0.2) is 4.39 Å². The Kier molecular flexibility index (Phi) is 5.41.